The molecule has 1 saturated heterocycles. The Morgan fingerprint density at radius 3 is 2.00 bits per heavy atom. The summed E-state index contributed by atoms with van der Waals surface area (Å²) in [7, 11) is 7.64. The molecule has 1 aliphatic carbocycles. The van der Waals surface area contributed by atoms with Crippen molar-refractivity contribution in [2.75, 3.05) is 48.0 Å². The zero-order valence-corrected chi connectivity index (χ0v) is 17.6. The van der Waals surface area contributed by atoms with Crippen LogP contribution in [0.25, 0.3) is 0 Å². The monoisotopic (exact) mass is 389 g/mol. The van der Waals surface area contributed by atoms with Crippen molar-refractivity contribution in [3.05, 3.63) is 34.7 Å². The fourth-order valence-corrected chi connectivity index (χ4v) is 3.56. The first kappa shape index (κ1) is 22.0. The summed E-state index contributed by atoms with van der Waals surface area (Å²) in [6.45, 7) is 3.21. The van der Waals surface area contributed by atoms with Gasteiger partial charge in [0.15, 0.2) is 5.79 Å². The molecule has 154 valence electrons. The minimum Gasteiger partial charge on any atom is -0.462 e. The summed E-state index contributed by atoms with van der Waals surface area (Å²) in [6, 6.07) is 2.07. The summed E-state index contributed by atoms with van der Waals surface area (Å²) in [6.07, 6.45) is 6.69. The predicted molar refractivity (Wildman–Crippen MR) is 106 cm³/mol. The van der Waals surface area contributed by atoms with Gasteiger partial charge in [-0.3, -0.25) is 0 Å². The predicted octanol–water partition coefficient (Wildman–Crippen LogP) is 2.58. The van der Waals surface area contributed by atoms with Gasteiger partial charge in [0.25, 0.3) is 0 Å². The van der Waals surface area contributed by atoms with Crippen LogP contribution in [0.1, 0.15) is 32.6 Å². The van der Waals surface area contributed by atoms with Gasteiger partial charge in [-0.05, 0) is 30.9 Å². The molecule has 2 aliphatic rings. The Kier molecular flexibility index (Phi) is 7.67. The number of carbonyl (C=O) groups excluding carboxylic acids is 1. The molecule has 0 aromatic carbocycles. The third-order valence-corrected chi connectivity index (χ3v) is 4.50. The number of nitriles is 1. The molecule has 7 heteroatoms. The van der Waals surface area contributed by atoms with Crippen LogP contribution in [0.4, 0.5) is 0 Å². The highest BCUT2D eigenvalue weighted by Gasteiger charge is 2.43. The van der Waals surface area contributed by atoms with Crippen LogP contribution in [-0.2, 0) is 19.0 Å². The maximum Gasteiger partial charge on any atom is 0.349 e. The van der Waals surface area contributed by atoms with Gasteiger partial charge in [-0.25, -0.2) is 4.79 Å². The largest absolute Gasteiger partial charge is 0.462 e. The maximum absolute atomic E-state index is 12.5. The minimum atomic E-state index is -0.779. The van der Waals surface area contributed by atoms with Crippen molar-refractivity contribution < 1.29 is 19.0 Å². The zero-order valence-electron chi connectivity index (χ0n) is 17.6. The fraction of sp³-hybridized carbons (Fsp3) is 0.619. The highest BCUT2D eigenvalue weighted by atomic mass is 16.7. The standard InChI is InChI=1S/C21H31N3O4/c1-6-26-20(25)18(13-22)19-16(14-23(2)3)11-21(12-17(19)15-24(4)5)27-9-7-8-10-28-21/h14-15H,6-12H2,1-5H3/b16-14+,17-15+. The molecule has 28 heavy (non-hydrogen) atoms. The van der Waals surface area contributed by atoms with Crippen molar-refractivity contribution in [3.8, 4) is 6.07 Å². The van der Waals surface area contributed by atoms with Gasteiger partial charge in [-0.2, -0.15) is 5.26 Å². The number of hydrogen-bond donors (Lipinski definition) is 0. The summed E-state index contributed by atoms with van der Waals surface area (Å²) in [5.74, 6) is -1.38. The van der Waals surface area contributed by atoms with Crippen molar-refractivity contribution in [2.24, 2.45) is 0 Å². The lowest BCUT2D eigenvalue weighted by molar-refractivity contribution is -0.225. The number of ether oxygens (including phenoxy) is 3. The van der Waals surface area contributed by atoms with E-state index >= 15 is 0 Å². The molecule has 1 spiro atoms. The van der Waals surface area contributed by atoms with Gasteiger partial charge < -0.3 is 24.0 Å². The van der Waals surface area contributed by atoms with Crippen LogP contribution >= 0.6 is 0 Å². The third-order valence-electron chi connectivity index (χ3n) is 4.50. The lowest BCUT2D eigenvalue weighted by atomic mass is 9.79. The highest BCUT2D eigenvalue weighted by molar-refractivity contribution is 5.96. The zero-order chi connectivity index (χ0) is 20.7. The minimum absolute atomic E-state index is 0.0199. The van der Waals surface area contributed by atoms with Gasteiger partial charge in [0, 0.05) is 59.0 Å². The summed E-state index contributed by atoms with van der Waals surface area (Å²) in [4.78, 5) is 16.3. The van der Waals surface area contributed by atoms with Crippen molar-refractivity contribution in [1.29, 1.82) is 5.26 Å². The van der Waals surface area contributed by atoms with E-state index in [1.165, 1.54) is 0 Å². The van der Waals surface area contributed by atoms with Crippen molar-refractivity contribution in [2.45, 2.75) is 38.4 Å². The van der Waals surface area contributed by atoms with E-state index in [4.69, 9.17) is 14.2 Å². The summed E-state index contributed by atoms with van der Waals surface area (Å²) in [5.41, 5.74) is 2.30. The first-order valence-electron chi connectivity index (χ1n) is 9.66. The lowest BCUT2D eigenvalue weighted by Gasteiger charge is -2.40. The number of esters is 1. The van der Waals surface area contributed by atoms with E-state index in [9.17, 15) is 10.1 Å². The van der Waals surface area contributed by atoms with Crippen molar-refractivity contribution in [1.82, 2.24) is 9.80 Å². The van der Waals surface area contributed by atoms with E-state index < -0.39 is 11.8 Å². The highest BCUT2D eigenvalue weighted by Crippen LogP contribution is 2.45. The van der Waals surface area contributed by atoms with Crippen LogP contribution < -0.4 is 0 Å². The first-order chi connectivity index (χ1) is 13.3. The smallest absolute Gasteiger partial charge is 0.349 e. The van der Waals surface area contributed by atoms with E-state index in [1.807, 2.05) is 50.4 Å². The van der Waals surface area contributed by atoms with Crippen molar-refractivity contribution in [3.63, 3.8) is 0 Å². The third kappa shape index (κ3) is 5.37. The van der Waals surface area contributed by atoms with E-state index in [0.717, 1.165) is 24.0 Å². The Hall–Kier alpha value is -2.30. The van der Waals surface area contributed by atoms with Crippen molar-refractivity contribution >= 4 is 5.97 Å². The first-order valence-corrected chi connectivity index (χ1v) is 9.66. The maximum atomic E-state index is 12.5. The topological polar surface area (TPSA) is 75.0 Å². The van der Waals surface area contributed by atoms with Gasteiger partial charge >= 0.3 is 5.97 Å². The van der Waals surface area contributed by atoms with Crippen LogP contribution in [0.2, 0.25) is 0 Å². The molecule has 2 rings (SSSR count). The molecular weight excluding hydrogens is 358 g/mol. The molecule has 0 aromatic heterocycles. The molecule has 1 aliphatic heterocycles. The normalized spacial score (nSPS) is 21.9. The van der Waals surface area contributed by atoms with E-state index in [-0.39, 0.29) is 12.2 Å². The Morgan fingerprint density at radius 2 is 1.61 bits per heavy atom. The second-order valence-corrected chi connectivity index (χ2v) is 7.49. The molecule has 2 fully saturated rings. The van der Waals surface area contributed by atoms with E-state index in [0.29, 0.717) is 31.6 Å². The molecule has 1 heterocycles. The van der Waals surface area contributed by atoms with Crippen LogP contribution in [0.15, 0.2) is 34.7 Å². The average molecular weight is 389 g/mol. The molecule has 0 bridgehead atoms. The number of rotatable bonds is 4. The molecule has 0 N–H and O–H groups in total. The Bertz CT molecular complexity index is 674. The van der Waals surface area contributed by atoms with Crippen LogP contribution in [-0.4, -0.2) is 69.6 Å². The van der Waals surface area contributed by atoms with Crippen LogP contribution in [0, 0.1) is 11.3 Å². The fourth-order valence-electron chi connectivity index (χ4n) is 3.56. The number of nitrogens with zero attached hydrogens (tertiary/aromatic N) is 3. The quantitative estimate of drug-likeness (QED) is 0.415. The second kappa shape index (κ2) is 9.76. The van der Waals surface area contributed by atoms with Crippen LogP contribution in [0.3, 0.4) is 0 Å². The molecule has 1 saturated carbocycles. The summed E-state index contributed by atoms with van der Waals surface area (Å²) >= 11 is 0. The lowest BCUT2D eigenvalue weighted by Crippen LogP contribution is -2.41. The van der Waals surface area contributed by atoms with Gasteiger partial charge in [0.1, 0.15) is 11.6 Å². The molecule has 0 aromatic rings. The van der Waals surface area contributed by atoms with E-state index in [1.54, 1.807) is 6.92 Å². The SMILES string of the molecule is CCOC(=O)C(C#N)=C1/C(=C/N(C)C)CC2(C/C1=C\N(C)C)OCCCCO2. The van der Waals surface area contributed by atoms with Gasteiger partial charge in [-0.1, -0.05) is 0 Å². The summed E-state index contributed by atoms with van der Waals surface area (Å²) in [5, 5.41) is 9.77. The average Bonchev–Trinajstić information content (AvgIpc) is 2.82. The molecule has 7 nitrogen and oxygen atoms in total. The van der Waals surface area contributed by atoms with Crippen LogP contribution in [0.5, 0.6) is 0 Å². The second-order valence-electron chi connectivity index (χ2n) is 7.49. The summed E-state index contributed by atoms with van der Waals surface area (Å²) < 4.78 is 17.5. The van der Waals surface area contributed by atoms with E-state index in [2.05, 4.69) is 6.07 Å². The van der Waals surface area contributed by atoms with Gasteiger partial charge in [0.2, 0.25) is 0 Å². The molecular formula is C21H31N3O4. The Balaban J connectivity index is 2.66. The number of carbonyl (C=O) groups is 1. The number of allylic oxidation sites excluding steroid dienone is 1. The molecule has 0 radical (unpaired) electrons. The Morgan fingerprint density at radius 1 is 1.11 bits per heavy atom. The number of hydrogen-bond acceptors (Lipinski definition) is 7. The molecule has 0 unspecified atom stereocenters. The molecule has 0 atom stereocenters. The van der Waals surface area contributed by atoms with Gasteiger partial charge in [-0.15, -0.1) is 0 Å². The Labute approximate surface area is 167 Å². The molecule has 0 amide bonds. The van der Waals surface area contributed by atoms with Gasteiger partial charge in [0.05, 0.1) is 19.8 Å².